The zero-order valence-electron chi connectivity index (χ0n) is 7.94. The first kappa shape index (κ1) is 9.41. The molecule has 1 aliphatic rings. The number of benzene rings is 1. The highest BCUT2D eigenvalue weighted by atomic mass is 16.5. The van der Waals surface area contributed by atoms with Gasteiger partial charge in [0.15, 0.2) is 0 Å². The lowest BCUT2D eigenvalue weighted by Gasteiger charge is -2.22. The van der Waals surface area contributed by atoms with E-state index < -0.39 is 0 Å². The number of hydrogen-bond donors (Lipinski definition) is 5. The molecule has 2 rings (SSSR count). The van der Waals surface area contributed by atoms with Crippen molar-refractivity contribution in [3.05, 3.63) is 5.56 Å². The Morgan fingerprint density at radius 3 is 2.33 bits per heavy atom. The van der Waals surface area contributed by atoms with E-state index in [1.165, 1.54) is 6.34 Å². The number of hydrogen-bond acceptors (Lipinski definition) is 7. The first-order valence-corrected chi connectivity index (χ1v) is 4.26. The molecule has 0 amide bonds. The van der Waals surface area contributed by atoms with E-state index in [9.17, 15) is 5.21 Å². The molecule has 0 aliphatic carbocycles. The molecule has 1 aromatic rings. The maximum atomic E-state index is 9.25. The zero-order valence-corrected chi connectivity index (χ0v) is 7.94. The van der Waals surface area contributed by atoms with Crippen molar-refractivity contribution in [3.63, 3.8) is 0 Å². The molecular weight excluding hydrogens is 196 g/mol. The molecular formula is C8H12N6O. The number of nitrogens with two attached hydrogens (primary N) is 4. The highest BCUT2D eigenvalue weighted by Gasteiger charge is 2.21. The fourth-order valence-corrected chi connectivity index (χ4v) is 1.51. The van der Waals surface area contributed by atoms with E-state index in [1.807, 2.05) is 0 Å². The predicted octanol–water partition coefficient (Wildman–Crippen LogP) is -0.120. The van der Waals surface area contributed by atoms with Gasteiger partial charge in [-0.25, -0.2) is 10.1 Å². The summed E-state index contributed by atoms with van der Waals surface area (Å²) >= 11 is 0. The molecule has 0 atom stereocenters. The number of nitrogen functional groups attached to an aromatic ring is 4. The number of fused-ring (bicyclic) bond motifs is 1. The number of hydroxylamine groups is 2. The van der Waals surface area contributed by atoms with Crippen molar-refractivity contribution in [2.24, 2.45) is 4.99 Å². The Balaban J connectivity index is 2.74. The van der Waals surface area contributed by atoms with Crippen LogP contribution < -0.4 is 22.9 Å². The molecule has 80 valence electrons. The Labute approximate surface area is 85.9 Å². The summed E-state index contributed by atoms with van der Waals surface area (Å²) in [6, 6.07) is 0. The van der Waals surface area contributed by atoms with E-state index >= 15 is 0 Å². The third-order valence-corrected chi connectivity index (χ3v) is 2.38. The number of nitrogens with zero attached hydrogens (tertiary/aromatic N) is 2. The van der Waals surface area contributed by atoms with Gasteiger partial charge in [0.05, 0.1) is 35.0 Å². The maximum Gasteiger partial charge on any atom is 0.116 e. The van der Waals surface area contributed by atoms with Crippen molar-refractivity contribution in [1.82, 2.24) is 5.06 Å². The molecule has 1 aliphatic heterocycles. The number of aliphatic imine (C=N–C) groups is 1. The van der Waals surface area contributed by atoms with Crippen LogP contribution in [0.3, 0.4) is 0 Å². The van der Waals surface area contributed by atoms with Gasteiger partial charge in [0.2, 0.25) is 0 Å². The normalized spacial score (nSPS) is 14.1. The van der Waals surface area contributed by atoms with E-state index in [0.717, 1.165) is 5.06 Å². The van der Waals surface area contributed by atoms with Gasteiger partial charge in [-0.3, -0.25) is 5.21 Å². The topological polar surface area (TPSA) is 140 Å². The van der Waals surface area contributed by atoms with Gasteiger partial charge in [0, 0.05) is 5.56 Å². The van der Waals surface area contributed by atoms with Gasteiger partial charge >= 0.3 is 0 Å². The summed E-state index contributed by atoms with van der Waals surface area (Å²) in [5.41, 5.74) is 25.0. The van der Waals surface area contributed by atoms with E-state index in [1.54, 1.807) is 0 Å². The minimum absolute atomic E-state index is 0.194. The van der Waals surface area contributed by atoms with Crippen LogP contribution in [0.4, 0.5) is 28.4 Å². The van der Waals surface area contributed by atoms with E-state index in [2.05, 4.69) is 4.99 Å². The molecule has 0 saturated carbocycles. The standard InChI is InChI=1S/C8H12N6O/c9-4-3-1-14(15)2-13-8(3)7(12)6(11)5(4)10/h2,15H,1,9-12H2. The summed E-state index contributed by atoms with van der Waals surface area (Å²) in [4.78, 5) is 3.95. The largest absolute Gasteiger partial charge is 0.397 e. The predicted molar refractivity (Wildman–Crippen MR) is 59.6 cm³/mol. The average Bonchev–Trinajstić information content (AvgIpc) is 2.23. The quantitative estimate of drug-likeness (QED) is 0.376. The summed E-state index contributed by atoms with van der Waals surface area (Å²) in [5.74, 6) is 0. The molecule has 15 heavy (non-hydrogen) atoms. The summed E-state index contributed by atoms with van der Waals surface area (Å²) in [7, 11) is 0. The monoisotopic (exact) mass is 208 g/mol. The van der Waals surface area contributed by atoms with Gasteiger partial charge in [-0.15, -0.1) is 0 Å². The fourth-order valence-electron chi connectivity index (χ4n) is 1.51. The molecule has 0 fully saturated rings. The Hall–Kier alpha value is -2.15. The van der Waals surface area contributed by atoms with Crippen LogP contribution in [0.15, 0.2) is 4.99 Å². The lowest BCUT2D eigenvalue weighted by molar-refractivity contribution is -0.0176. The van der Waals surface area contributed by atoms with Crippen LogP contribution in [-0.4, -0.2) is 16.6 Å². The maximum absolute atomic E-state index is 9.25. The van der Waals surface area contributed by atoms with Crippen LogP contribution in [0.2, 0.25) is 0 Å². The second-order valence-corrected chi connectivity index (χ2v) is 3.32. The number of anilines is 4. The summed E-state index contributed by atoms with van der Waals surface area (Å²) in [5, 5.41) is 10.1. The van der Waals surface area contributed by atoms with Crippen molar-refractivity contribution in [3.8, 4) is 0 Å². The molecule has 0 bridgehead atoms. The minimum atomic E-state index is 0.194. The minimum Gasteiger partial charge on any atom is -0.397 e. The molecule has 1 heterocycles. The van der Waals surface area contributed by atoms with Crippen molar-refractivity contribution in [2.45, 2.75) is 6.54 Å². The summed E-state index contributed by atoms with van der Waals surface area (Å²) in [6.45, 7) is 0.194. The van der Waals surface area contributed by atoms with E-state index in [0.29, 0.717) is 22.6 Å². The highest BCUT2D eigenvalue weighted by Crippen LogP contribution is 2.43. The first-order chi connectivity index (χ1) is 7.02. The molecule has 0 spiro atoms. The zero-order chi connectivity index (χ0) is 11.2. The van der Waals surface area contributed by atoms with Crippen molar-refractivity contribution in [1.29, 1.82) is 0 Å². The molecule has 7 heteroatoms. The first-order valence-electron chi connectivity index (χ1n) is 4.26. The van der Waals surface area contributed by atoms with Crippen LogP contribution >= 0.6 is 0 Å². The average molecular weight is 208 g/mol. The SMILES string of the molecule is Nc1c(N)c(N)c2c(c1N)CN(O)C=N2. The van der Waals surface area contributed by atoms with Gasteiger partial charge in [-0.05, 0) is 0 Å². The summed E-state index contributed by atoms with van der Waals surface area (Å²) in [6.07, 6.45) is 1.24. The Morgan fingerprint density at radius 1 is 1.07 bits per heavy atom. The van der Waals surface area contributed by atoms with Gasteiger partial charge in [-0.2, -0.15) is 0 Å². The molecule has 1 aromatic carbocycles. The Bertz CT molecular complexity index is 455. The van der Waals surface area contributed by atoms with Crippen molar-refractivity contribution < 1.29 is 5.21 Å². The van der Waals surface area contributed by atoms with Crippen LogP contribution in [0.5, 0.6) is 0 Å². The molecule has 0 radical (unpaired) electrons. The van der Waals surface area contributed by atoms with Gasteiger partial charge in [0.1, 0.15) is 6.34 Å². The van der Waals surface area contributed by atoms with Crippen molar-refractivity contribution in [2.75, 3.05) is 22.9 Å². The van der Waals surface area contributed by atoms with Gasteiger partial charge < -0.3 is 22.9 Å². The Morgan fingerprint density at radius 2 is 1.67 bits per heavy atom. The van der Waals surface area contributed by atoms with Crippen molar-refractivity contribution >= 4 is 34.8 Å². The highest BCUT2D eigenvalue weighted by molar-refractivity contribution is 5.97. The molecule has 0 saturated heterocycles. The van der Waals surface area contributed by atoms with Crippen LogP contribution in [-0.2, 0) is 6.54 Å². The van der Waals surface area contributed by atoms with Gasteiger partial charge in [0.25, 0.3) is 0 Å². The molecule has 9 N–H and O–H groups in total. The Kier molecular flexibility index (Phi) is 1.83. The second-order valence-electron chi connectivity index (χ2n) is 3.32. The van der Waals surface area contributed by atoms with Crippen LogP contribution in [0.25, 0.3) is 0 Å². The molecule has 7 nitrogen and oxygen atoms in total. The van der Waals surface area contributed by atoms with Gasteiger partial charge in [-0.1, -0.05) is 0 Å². The third kappa shape index (κ3) is 1.21. The third-order valence-electron chi connectivity index (χ3n) is 2.38. The summed E-state index contributed by atoms with van der Waals surface area (Å²) < 4.78 is 0. The number of rotatable bonds is 0. The lowest BCUT2D eigenvalue weighted by atomic mass is 10.0. The molecule has 0 aromatic heterocycles. The second kappa shape index (κ2) is 2.92. The fraction of sp³-hybridized carbons (Fsp3) is 0.125. The van der Waals surface area contributed by atoms with E-state index in [4.69, 9.17) is 22.9 Å². The van der Waals surface area contributed by atoms with Crippen LogP contribution in [0, 0.1) is 0 Å². The van der Waals surface area contributed by atoms with E-state index in [-0.39, 0.29) is 17.9 Å². The smallest absolute Gasteiger partial charge is 0.116 e. The van der Waals surface area contributed by atoms with Crippen LogP contribution in [0.1, 0.15) is 5.56 Å². The lowest BCUT2D eigenvalue weighted by Crippen LogP contribution is -2.22. The molecule has 0 unspecified atom stereocenters.